The van der Waals surface area contributed by atoms with Crippen LogP contribution in [0.4, 0.5) is 0 Å². The van der Waals surface area contributed by atoms with E-state index in [1.165, 1.54) is 12.1 Å². The van der Waals surface area contributed by atoms with Crippen molar-refractivity contribution >= 4 is 33.5 Å². The molecule has 0 heterocycles. The molecule has 1 amide bonds. The molecule has 0 spiro atoms. The summed E-state index contributed by atoms with van der Waals surface area (Å²) in [5.41, 5.74) is 0.618. The molecule has 2 rings (SSSR count). The summed E-state index contributed by atoms with van der Waals surface area (Å²) in [6.07, 6.45) is 0. The van der Waals surface area contributed by atoms with Gasteiger partial charge in [0.2, 0.25) is 10.0 Å². The third kappa shape index (κ3) is 5.43. The Morgan fingerprint density at radius 3 is 2.56 bits per heavy atom. The number of carbonyl (C=O) groups is 2. The van der Waals surface area contributed by atoms with Crippen LogP contribution in [-0.4, -0.2) is 32.0 Å². The van der Waals surface area contributed by atoms with E-state index in [-0.39, 0.29) is 15.5 Å². The van der Waals surface area contributed by atoms with Crippen LogP contribution in [0.2, 0.25) is 5.02 Å². The molecular weight excluding hydrogens is 396 g/mol. The van der Waals surface area contributed by atoms with Crippen LogP contribution in [0.25, 0.3) is 0 Å². The smallest absolute Gasteiger partial charge is 0.341 e. The van der Waals surface area contributed by atoms with E-state index in [2.05, 4.69) is 5.32 Å². The molecule has 0 saturated carbocycles. The van der Waals surface area contributed by atoms with Crippen LogP contribution < -0.4 is 15.2 Å². The lowest BCUT2D eigenvalue weighted by atomic mass is 10.1. The number of rotatable bonds is 7. The number of halogens is 1. The second kappa shape index (κ2) is 8.38. The number of aliphatic carboxylic acids is 1. The maximum absolute atomic E-state index is 12.5. The Balaban J connectivity index is 2.23. The molecule has 0 saturated heterocycles. The molecule has 0 unspecified atom stereocenters. The van der Waals surface area contributed by atoms with E-state index in [9.17, 15) is 18.0 Å². The number of carboxylic acids is 1. The van der Waals surface area contributed by atoms with Gasteiger partial charge in [-0.15, -0.1) is 0 Å². The summed E-state index contributed by atoms with van der Waals surface area (Å²) < 4.78 is 28.3. The van der Waals surface area contributed by atoms with E-state index < -0.39 is 34.5 Å². The average Bonchev–Trinajstić information content (AvgIpc) is 2.59. The van der Waals surface area contributed by atoms with E-state index in [4.69, 9.17) is 26.6 Å². The van der Waals surface area contributed by atoms with Crippen molar-refractivity contribution in [2.45, 2.75) is 17.9 Å². The molecule has 8 nitrogen and oxygen atoms in total. The molecule has 0 fully saturated rings. The maximum atomic E-state index is 12.5. The topological polar surface area (TPSA) is 136 Å². The predicted molar refractivity (Wildman–Crippen MR) is 98.3 cm³/mol. The Kier molecular flexibility index (Phi) is 6.42. The number of nitrogens with one attached hydrogen (secondary N) is 1. The van der Waals surface area contributed by atoms with Crippen LogP contribution >= 0.6 is 11.6 Å². The van der Waals surface area contributed by atoms with Gasteiger partial charge in [-0.2, -0.15) is 0 Å². The number of amides is 1. The molecule has 0 radical (unpaired) electrons. The molecule has 1 atom stereocenters. The number of ether oxygens (including phenoxy) is 1. The fourth-order valence-electron chi connectivity index (χ4n) is 2.33. The number of nitrogens with two attached hydrogens (primary N) is 1. The Bertz CT molecular complexity index is 977. The lowest BCUT2D eigenvalue weighted by molar-refractivity contribution is -0.139. The zero-order valence-corrected chi connectivity index (χ0v) is 15.8. The standard InChI is InChI=1S/C17H17ClN2O6S/c1-10(12-4-2-3-5-14(12)26-9-16(21)22)20-17(23)11-6-7-13(18)15(8-11)27(19,24)25/h2-8,10H,9H2,1H3,(H,20,23)(H,21,22)(H2,19,24,25)/t10-/m0/s1. The number of sulfonamides is 1. The van der Waals surface area contributed by atoms with E-state index in [0.717, 1.165) is 6.07 Å². The first-order chi connectivity index (χ1) is 12.6. The van der Waals surface area contributed by atoms with Gasteiger partial charge in [0, 0.05) is 11.1 Å². The number of para-hydroxylation sites is 1. The molecule has 10 heteroatoms. The minimum absolute atomic E-state index is 0.0548. The van der Waals surface area contributed by atoms with Gasteiger partial charge in [-0.05, 0) is 31.2 Å². The van der Waals surface area contributed by atoms with E-state index >= 15 is 0 Å². The number of hydrogen-bond acceptors (Lipinski definition) is 5. The van der Waals surface area contributed by atoms with Crippen LogP contribution in [0.3, 0.4) is 0 Å². The van der Waals surface area contributed by atoms with Gasteiger partial charge in [0.05, 0.1) is 11.1 Å². The van der Waals surface area contributed by atoms with Gasteiger partial charge in [0.25, 0.3) is 5.91 Å². The highest BCUT2D eigenvalue weighted by atomic mass is 35.5. The van der Waals surface area contributed by atoms with E-state index in [1.807, 2.05) is 0 Å². The fraction of sp³-hybridized carbons (Fsp3) is 0.176. The Morgan fingerprint density at radius 1 is 1.26 bits per heavy atom. The van der Waals surface area contributed by atoms with E-state index in [0.29, 0.717) is 11.3 Å². The van der Waals surface area contributed by atoms with E-state index in [1.54, 1.807) is 31.2 Å². The van der Waals surface area contributed by atoms with Gasteiger partial charge in [-0.25, -0.2) is 18.4 Å². The molecule has 0 bridgehead atoms. The first-order valence-corrected chi connectivity index (χ1v) is 9.58. The van der Waals surface area contributed by atoms with Gasteiger partial charge in [-0.1, -0.05) is 29.8 Å². The Labute approximate surface area is 160 Å². The maximum Gasteiger partial charge on any atom is 0.341 e. The van der Waals surface area contributed by atoms with Crippen molar-refractivity contribution < 1.29 is 27.9 Å². The van der Waals surface area contributed by atoms with Crippen molar-refractivity contribution in [3.8, 4) is 5.75 Å². The SMILES string of the molecule is C[C@H](NC(=O)c1ccc(Cl)c(S(N)(=O)=O)c1)c1ccccc1OCC(=O)O. The molecule has 144 valence electrons. The quantitative estimate of drug-likeness (QED) is 0.635. The lowest BCUT2D eigenvalue weighted by Crippen LogP contribution is -2.27. The highest BCUT2D eigenvalue weighted by molar-refractivity contribution is 7.89. The summed E-state index contributed by atoms with van der Waals surface area (Å²) >= 11 is 5.81. The first kappa shape index (κ1) is 20.7. The van der Waals surface area contributed by atoms with Crippen molar-refractivity contribution in [2.75, 3.05) is 6.61 Å². The zero-order valence-electron chi connectivity index (χ0n) is 14.2. The molecule has 0 aromatic heterocycles. The fourth-order valence-corrected chi connectivity index (χ4v) is 3.40. The van der Waals surface area contributed by atoms with Crippen molar-refractivity contribution in [1.82, 2.24) is 5.32 Å². The van der Waals surface area contributed by atoms with Gasteiger partial charge < -0.3 is 15.2 Å². The van der Waals surface area contributed by atoms with Gasteiger partial charge in [-0.3, -0.25) is 4.79 Å². The van der Waals surface area contributed by atoms with Crippen molar-refractivity contribution in [1.29, 1.82) is 0 Å². The largest absolute Gasteiger partial charge is 0.482 e. The molecular formula is C17H17ClN2O6S. The van der Waals surface area contributed by atoms with Crippen molar-refractivity contribution in [2.24, 2.45) is 5.14 Å². The highest BCUT2D eigenvalue weighted by Crippen LogP contribution is 2.26. The number of benzene rings is 2. The number of primary sulfonamides is 1. The van der Waals surface area contributed by atoms with Crippen molar-refractivity contribution in [3.05, 3.63) is 58.6 Å². The first-order valence-electron chi connectivity index (χ1n) is 7.66. The molecule has 2 aromatic rings. The summed E-state index contributed by atoms with van der Waals surface area (Å²) in [5, 5.41) is 16.4. The Hall–Kier alpha value is -2.62. The van der Waals surface area contributed by atoms with Crippen molar-refractivity contribution in [3.63, 3.8) is 0 Å². The summed E-state index contributed by atoms with van der Waals surface area (Å²) in [4.78, 5) is 22.8. The summed E-state index contributed by atoms with van der Waals surface area (Å²) in [6, 6.07) is 9.83. The Morgan fingerprint density at radius 2 is 1.93 bits per heavy atom. The molecule has 0 aliphatic rings. The number of hydrogen-bond donors (Lipinski definition) is 3. The highest BCUT2D eigenvalue weighted by Gasteiger charge is 2.19. The summed E-state index contributed by atoms with van der Waals surface area (Å²) in [5.74, 6) is -1.37. The monoisotopic (exact) mass is 412 g/mol. The van der Waals surface area contributed by atoms with Crippen LogP contribution in [-0.2, 0) is 14.8 Å². The number of carbonyl (C=O) groups excluding carboxylic acids is 1. The minimum atomic E-state index is -4.08. The minimum Gasteiger partial charge on any atom is -0.482 e. The van der Waals surface area contributed by atoms with Gasteiger partial charge in [0.15, 0.2) is 6.61 Å². The van der Waals surface area contributed by atoms with Gasteiger partial charge >= 0.3 is 5.97 Å². The number of carboxylic acid groups (broad SMARTS) is 1. The normalized spacial score (nSPS) is 12.3. The lowest BCUT2D eigenvalue weighted by Gasteiger charge is -2.18. The van der Waals surface area contributed by atoms with Crippen LogP contribution in [0.1, 0.15) is 28.9 Å². The molecule has 0 aliphatic heterocycles. The third-order valence-corrected chi connectivity index (χ3v) is 4.98. The van der Waals surface area contributed by atoms with Gasteiger partial charge in [0.1, 0.15) is 10.6 Å². The summed E-state index contributed by atoms with van der Waals surface area (Å²) in [6.45, 7) is 1.16. The molecule has 27 heavy (non-hydrogen) atoms. The van der Waals surface area contributed by atoms with Crippen LogP contribution in [0, 0.1) is 0 Å². The molecule has 2 aromatic carbocycles. The third-order valence-electron chi connectivity index (χ3n) is 3.58. The second-order valence-corrected chi connectivity index (χ2v) is 7.54. The molecule has 0 aliphatic carbocycles. The average molecular weight is 413 g/mol. The second-order valence-electron chi connectivity index (χ2n) is 5.61. The predicted octanol–water partition coefficient (Wildman–Crippen LogP) is 1.94. The molecule has 4 N–H and O–H groups in total. The van der Waals surface area contributed by atoms with Crippen LogP contribution in [0.5, 0.6) is 5.75 Å². The van der Waals surface area contributed by atoms with Crippen LogP contribution in [0.15, 0.2) is 47.4 Å². The summed E-state index contributed by atoms with van der Waals surface area (Å²) in [7, 11) is -4.08. The zero-order chi connectivity index (χ0) is 20.2.